The molecule has 2 aliphatic rings. The van der Waals surface area contributed by atoms with Crippen LogP contribution in [0.5, 0.6) is 0 Å². The van der Waals surface area contributed by atoms with E-state index in [0.29, 0.717) is 5.02 Å². The first-order valence-electron chi connectivity index (χ1n) is 5.31. The third-order valence-corrected chi connectivity index (χ3v) is 3.72. The van der Waals surface area contributed by atoms with Gasteiger partial charge in [0.25, 0.3) is 0 Å². The van der Waals surface area contributed by atoms with Gasteiger partial charge in [0.05, 0.1) is 5.41 Å². The number of hydrogen-bond donors (Lipinski definition) is 0. The second kappa shape index (κ2) is 2.76. The van der Waals surface area contributed by atoms with E-state index in [-0.39, 0.29) is 11.3 Å². The molecule has 1 saturated carbocycles. The SMILES string of the molecule is CCN1C(=O)C2(CC2)c2ccc(Cl)cc21. The molecule has 0 atom stereocenters. The van der Waals surface area contributed by atoms with Crippen molar-refractivity contribution in [1.82, 2.24) is 0 Å². The van der Waals surface area contributed by atoms with E-state index in [1.807, 2.05) is 30.0 Å². The van der Waals surface area contributed by atoms with Gasteiger partial charge in [0, 0.05) is 17.3 Å². The van der Waals surface area contributed by atoms with Crippen molar-refractivity contribution < 1.29 is 4.79 Å². The van der Waals surface area contributed by atoms with Gasteiger partial charge in [0.2, 0.25) is 5.91 Å². The van der Waals surface area contributed by atoms with Crippen molar-refractivity contribution >= 4 is 23.2 Å². The van der Waals surface area contributed by atoms with E-state index >= 15 is 0 Å². The molecule has 15 heavy (non-hydrogen) atoms. The minimum absolute atomic E-state index is 0.171. The fourth-order valence-electron chi connectivity index (χ4n) is 2.54. The lowest BCUT2D eigenvalue weighted by molar-refractivity contribution is -0.120. The predicted molar refractivity (Wildman–Crippen MR) is 60.4 cm³/mol. The van der Waals surface area contributed by atoms with Gasteiger partial charge >= 0.3 is 0 Å². The molecule has 1 amide bonds. The lowest BCUT2D eigenvalue weighted by Gasteiger charge is -2.14. The quantitative estimate of drug-likeness (QED) is 0.714. The number of anilines is 1. The van der Waals surface area contributed by atoms with Crippen LogP contribution < -0.4 is 4.90 Å². The summed E-state index contributed by atoms with van der Waals surface area (Å²) in [6, 6.07) is 5.80. The molecule has 0 N–H and O–H groups in total. The molecule has 1 aliphatic heterocycles. The van der Waals surface area contributed by atoms with E-state index < -0.39 is 0 Å². The van der Waals surface area contributed by atoms with E-state index in [4.69, 9.17) is 11.6 Å². The summed E-state index contributed by atoms with van der Waals surface area (Å²) in [7, 11) is 0. The maximum absolute atomic E-state index is 12.2. The fraction of sp³-hybridized carbons (Fsp3) is 0.417. The Hall–Kier alpha value is -1.02. The van der Waals surface area contributed by atoms with Gasteiger partial charge in [-0.1, -0.05) is 17.7 Å². The topological polar surface area (TPSA) is 20.3 Å². The van der Waals surface area contributed by atoms with Gasteiger partial charge in [-0.05, 0) is 37.5 Å². The highest BCUT2D eigenvalue weighted by Crippen LogP contribution is 2.57. The first kappa shape index (κ1) is 9.22. The zero-order valence-corrected chi connectivity index (χ0v) is 9.34. The Labute approximate surface area is 93.8 Å². The van der Waals surface area contributed by atoms with Crippen molar-refractivity contribution in [1.29, 1.82) is 0 Å². The molecule has 1 aromatic carbocycles. The Bertz CT molecular complexity index is 451. The third kappa shape index (κ3) is 1.03. The van der Waals surface area contributed by atoms with E-state index in [1.54, 1.807) is 0 Å². The number of amides is 1. The molecular formula is C12H12ClNO. The third-order valence-electron chi connectivity index (χ3n) is 3.49. The number of hydrogen-bond acceptors (Lipinski definition) is 1. The minimum Gasteiger partial charge on any atom is -0.312 e. The molecule has 1 spiro atoms. The van der Waals surface area contributed by atoms with Crippen molar-refractivity contribution in [3.05, 3.63) is 28.8 Å². The standard InChI is InChI=1S/C12H12ClNO/c1-2-14-10-7-8(13)3-4-9(10)12(5-6-12)11(14)15/h3-4,7H,2,5-6H2,1H3. The average molecular weight is 222 g/mol. The van der Waals surface area contributed by atoms with Gasteiger partial charge in [-0.15, -0.1) is 0 Å². The highest BCUT2D eigenvalue weighted by molar-refractivity contribution is 6.31. The molecule has 1 aromatic rings. The molecule has 0 bridgehead atoms. The van der Waals surface area contributed by atoms with Crippen molar-refractivity contribution in [3.63, 3.8) is 0 Å². The second-order valence-corrected chi connectivity index (χ2v) is 4.73. The first-order valence-corrected chi connectivity index (χ1v) is 5.69. The van der Waals surface area contributed by atoms with Crippen LogP contribution in [-0.4, -0.2) is 12.5 Å². The Morgan fingerprint density at radius 3 is 2.80 bits per heavy atom. The van der Waals surface area contributed by atoms with Crippen LogP contribution >= 0.6 is 11.6 Å². The van der Waals surface area contributed by atoms with Crippen LogP contribution in [0.1, 0.15) is 25.3 Å². The molecule has 1 heterocycles. The summed E-state index contributed by atoms with van der Waals surface area (Å²) in [6.45, 7) is 2.73. The lowest BCUT2D eigenvalue weighted by Crippen LogP contribution is -2.31. The highest BCUT2D eigenvalue weighted by Gasteiger charge is 2.58. The zero-order valence-electron chi connectivity index (χ0n) is 8.59. The molecule has 1 fully saturated rings. The molecule has 0 saturated heterocycles. The largest absolute Gasteiger partial charge is 0.312 e. The van der Waals surface area contributed by atoms with Crippen LogP contribution in [0, 0.1) is 0 Å². The van der Waals surface area contributed by atoms with Crippen molar-refractivity contribution in [2.45, 2.75) is 25.2 Å². The summed E-state index contributed by atoms with van der Waals surface area (Å²) in [5.41, 5.74) is 2.03. The maximum Gasteiger partial charge on any atom is 0.237 e. The number of carbonyl (C=O) groups excluding carboxylic acids is 1. The molecule has 2 nitrogen and oxygen atoms in total. The molecule has 0 unspecified atom stereocenters. The van der Waals surface area contributed by atoms with Gasteiger partial charge in [-0.3, -0.25) is 4.79 Å². The number of nitrogens with zero attached hydrogens (tertiary/aromatic N) is 1. The van der Waals surface area contributed by atoms with Crippen LogP contribution in [0.15, 0.2) is 18.2 Å². The van der Waals surface area contributed by atoms with Crippen molar-refractivity contribution in [3.8, 4) is 0 Å². The van der Waals surface area contributed by atoms with E-state index in [0.717, 1.165) is 25.1 Å². The summed E-state index contributed by atoms with van der Waals surface area (Å²) < 4.78 is 0. The van der Waals surface area contributed by atoms with Gasteiger partial charge in [-0.2, -0.15) is 0 Å². The van der Waals surface area contributed by atoms with Gasteiger partial charge in [-0.25, -0.2) is 0 Å². The Balaban J connectivity index is 2.21. The zero-order chi connectivity index (χ0) is 10.6. The molecule has 3 heteroatoms. The molecule has 1 aliphatic carbocycles. The summed E-state index contributed by atoms with van der Waals surface area (Å²) in [5.74, 6) is 0.266. The maximum atomic E-state index is 12.2. The fourth-order valence-corrected chi connectivity index (χ4v) is 2.70. The van der Waals surface area contributed by atoms with Crippen LogP contribution in [0.4, 0.5) is 5.69 Å². The van der Waals surface area contributed by atoms with Crippen LogP contribution in [-0.2, 0) is 10.2 Å². The second-order valence-electron chi connectivity index (χ2n) is 4.29. The summed E-state index contributed by atoms with van der Waals surface area (Å²) >= 11 is 5.97. The van der Waals surface area contributed by atoms with Crippen LogP contribution in [0.25, 0.3) is 0 Å². The normalized spacial score (nSPS) is 20.9. The number of fused-ring (bicyclic) bond motifs is 2. The van der Waals surface area contributed by atoms with Gasteiger partial charge in [0.15, 0.2) is 0 Å². The highest BCUT2D eigenvalue weighted by atomic mass is 35.5. The molecular weight excluding hydrogens is 210 g/mol. The summed E-state index contributed by atoms with van der Waals surface area (Å²) in [6.07, 6.45) is 1.99. The molecule has 3 rings (SSSR count). The van der Waals surface area contributed by atoms with E-state index in [1.165, 1.54) is 5.56 Å². The summed E-state index contributed by atoms with van der Waals surface area (Å²) in [5, 5.41) is 0.706. The van der Waals surface area contributed by atoms with Crippen LogP contribution in [0.2, 0.25) is 5.02 Å². The Kier molecular flexibility index (Phi) is 1.70. The molecule has 0 radical (unpaired) electrons. The van der Waals surface area contributed by atoms with Gasteiger partial charge in [0.1, 0.15) is 0 Å². The number of carbonyl (C=O) groups is 1. The molecule has 78 valence electrons. The van der Waals surface area contributed by atoms with Crippen molar-refractivity contribution in [2.24, 2.45) is 0 Å². The smallest absolute Gasteiger partial charge is 0.237 e. The number of benzene rings is 1. The number of halogens is 1. The summed E-state index contributed by atoms with van der Waals surface area (Å²) in [4.78, 5) is 14.0. The predicted octanol–water partition coefficient (Wildman–Crippen LogP) is 2.74. The Morgan fingerprint density at radius 2 is 2.20 bits per heavy atom. The molecule has 0 aromatic heterocycles. The van der Waals surface area contributed by atoms with Gasteiger partial charge < -0.3 is 4.90 Å². The first-order chi connectivity index (χ1) is 7.19. The monoisotopic (exact) mass is 221 g/mol. The lowest BCUT2D eigenvalue weighted by atomic mass is 9.98. The number of rotatable bonds is 1. The minimum atomic E-state index is -0.171. The van der Waals surface area contributed by atoms with E-state index in [2.05, 4.69) is 0 Å². The number of likely N-dealkylation sites (N-methyl/N-ethyl adjacent to an activating group) is 1. The Morgan fingerprint density at radius 1 is 1.47 bits per heavy atom. The van der Waals surface area contributed by atoms with E-state index in [9.17, 15) is 4.79 Å². The van der Waals surface area contributed by atoms with Crippen LogP contribution in [0.3, 0.4) is 0 Å². The van der Waals surface area contributed by atoms with Crippen molar-refractivity contribution in [2.75, 3.05) is 11.4 Å². The average Bonchev–Trinajstić information content (AvgIpc) is 2.96.